The Morgan fingerprint density at radius 2 is 1.65 bits per heavy atom. The van der Waals surface area contributed by atoms with Crippen molar-refractivity contribution in [3.05, 3.63) is 28.7 Å². The standard InChI is InChI=1S/C11H15N5O/c1-6-7(2)13-11(14-8(6)3)12-5-10-16-15-9(4)17-10/h5H2,1-4H3,(H,12,13,14). The molecular weight excluding hydrogens is 218 g/mol. The Kier molecular flexibility index (Phi) is 3.03. The molecule has 0 fully saturated rings. The molecule has 2 rings (SSSR count). The van der Waals surface area contributed by atoms with Crippen molar-refractivity contribution in [2.24, 2.45) is 0 Å². The first-order valence-corrected chi connectivity index (χ1v) is 5.41. The second-order valence-corrected chi connectivity index (χ2v) is 3.91. The van der Waals surface area contributed by atoms with Gasteiger partial charge >= 0.3 is 0 Å². The van der Waals surface area contributed by atoms with Crippen LogP contribution in [-0.2, 0) is 6.54 Å². The maximum absolute atomic E-state index is 5.25. The van der Waals surface area contributed by atoms with E-state index in [-0.39, 0.29) is 0 Å². The maximum atomic E-state index is 5.25. The molecule has 2 aromatic rings. The van der Waals surface area contributed by atoms with Gasteiger partial charge < -0.3 is 9.73 Å². The van der Waals surface area contributed by atoms with Gasteiger partial charge in [0.2, 0.25) is 17.7 Å². The highest BCUT2D eigenvalue weighted by molar-refractivity contribution is 5.32. The van der Waals surface area contributed by atoms with Crippen LogP contribution in [0.25, 0.3) is 0 Å². The molecule has 0 saturated heterocycles. The SMILES string of the molecule is Cc1nnc(CNc2nc(C)c(C)c(C)n2)o1. The molecule has 2 aromatic heterocycles. The van der Waals surface area contributed by atoms with Gasteiger partial charge in [-0.25, -0.2) is 9.97 Å². The Hall–Kier alpha value is -1.98. The summed E-state index contributed by atoms with van der Waals surface area (Å²) in [5.74, 6) is 1.67. The van der Waals surface area contributed by atoms with Gasteiger partial charge in [0.1, 0.15) is 0 Å². The lowest BCUT2D eigenvalue weighted by Crippen LogP contribution is -2.07. The summed E-state index contributed by atoms with van der Waals surface area (Å²) in [7, 11) is 0. The zero-order valence-electron chi connectivity index (χ0n) is 10.4. The quantitative estimate of drug-likeness (QED) is 0.869. The summed E-state index contributed by atoms with van der Waals surface area (Å²) in [6, 6.07) is 0. The number of anilines is 1. The fourth-order valence-corrected chi connectivity index (χ4v) is 1.41. The molecule has 2 heterocycles. The van der Waals surface area contributed by atoms with Crippen molar-refractivity contribution in [2.75, 3.05) is 5.32 Å². The zero-order chi connectivity index (χ0) is 12.4. The fraction of sp³-hybridized carbons (Fsp3) is 0.455. The van der Waals surface area contributed by atoms with E-state index in [1.54, 1.807) is 6.92 Å². The van der Waals surface area contributed by atoms with Crippen molar-refractivity contribution >= 4 is 5.95 Å². The molecule has 6 nitrogen and oxygen atoms in total. The van der Waals surface area contributed by atoms with E-state index in [9.17, 15) is 0 Å². The third-order valence-electron chi connectivity index (χ3n) is 2.60. The maximum Gasteiger partial charge on any atom is 0.235 e. The molecule has 0 spiro atoms. The highest BCUT2D eigenvalue weighted by atomic mass is 16.4. The second-order valence-electron chi connectivity index (χ2n) is 3.91. The molecule has 0 aliphatic heterocycles. The van der Waals surface area contributed by atoms with Crippen molar-refractivity contribution in [1.29, 1.82) is 0 Å². The van der Waals surface area contributed by atoms with Gasteiger partial charge in [0.25, 0.3) is 0 Å². The summed E-state index contributed by atoms with van der Waals surface area (Å²) in [6.07, 6.45) is 0. The van der Waals surface area contributed by atoms with Gasteiger partial charge in [-0.1, -0.05) is 0 Å². The molecule has 0 aliphatic rings. The van der Waals surface area contributed by atoms with Crippen molar-refractivity contribution < 1.29 is 4.42 Å². The summed E-state index contributed by atoms with van der Waals surface area (Å²) in [5.41, 5.74) is 3.06. The number of aryl methyl sites for hydroxylation is 3. The van der Waals surface area contributed by atoms with Crippen LogP contribution in [0.15, 0.2) is 4.42 Å². The number of nitrogens with zero attached hydrogens (tertiary/aromatic N) is 4. The van der Waals surface area contributed by atoms with Gasteiger partial charge in [0.05, 0.1) is 6.54 Å². The first-order chi connectivity index (χ1) is 8.06. The Morgan fingerprint density at radius 1 is 1.00 bits per heavy atom. The topological polar surface area (TPSA) is 76.7 Å². The molecule has 90 valence electrons. The van der Waals surface area contributed by atoms with Crippen molar-refractivity contribution in [3.63, 3.8) is 0 Å². The molecule has 0 saturated carbocycles. The lowest BCUT2D eigenvalue weighted by Gasteiger charge is -2.07. The van der Waals surface area contributed by atoms with E-state index >= 15 is 0 Å². The highest BCUT2D eigenvalue weighted by Crippen LogP contribution is 2.11. The van der Waals surface area contributed by atoms with E-state index in [4.69, 9.17) is 4.42 Å². The number of nitrogens with one attached hydrogen (secondary N) is 1. The summed E-state index contributed by atoms with van der Waals surface area (Å²) in [4.78, 5) is 8.69. The third-order valence-corrected chi connectivity index (χ3v) is 2.60. The minimum absolute atomic E-state index is 0.433. The minimum Gasteiger partial charge on any atom is -0.424 e. The van der Waals surface area contributed by atoms with Crippen LogP contribution in [0.5, 0.6) is 0 Å². The molecule has 0 bridgehead atoms. The molecule has 1 N–H and O–H groups in total. The van der Waals surface area contributed by atoms with E-state index in [0.29, 0.717) is 24.3 Å². The van der Waals surface area contributed by atoms with Gasteiger partial charge in [-0.3, -0.25) is 0 Å². The van der Waals surface area contributed by atoms with Crippen molar-refractivity contribution in [3.8, 4) is 0 Å². The molecular formula is C11H15N5O. The smallest absolute Gasteiger partial charge is 0.235 e. The third kappa shape index (κ3) is 2.58. The van der Waals surface area contributed by atoms with E-state index in [1.807, 2.05) is 20.8 Å². The Bertz CT molecular complexity index is 511. The molecule has 0 radical (unpaired) electrons. The van der Waals surface area contributed by atoms with Gasteiger partial charge in [0, 0.05) is 18.3 Å². The summed E-state index contributed by atoms with van der Waals surface area (Å²) < 4.78 is 5.25. The fourth-order valence-electron chi connectivity index (χ4n) is 1.41. The van der Waals surface area contributed by atoms with E-state index < -0.39 is 0 Å². The summed E-state index contributed by atoms with van der Waals surface area (Å²) in [5, 5.41) is 10.7. The van der Waals surface area contributed by atoms with Crippen LogP contribution in [0.2, 0.25) is 0 Å². The Balaban J connectivity index is 2.09. The van der Waals surface area contributed by atoms with Crippen LogP contribution in [0.3, 0.4) is 0 Å². The largest absolute Gasteiger partial charge is 0.424 e. The van der Waals surface area contributed by atoms with E-state index in [1.165, 1.54) is 0 Å². The predicted octanol–water partition coefficient (Wildman–Crippen LogP) is 1.71. The van der Waals surface area contributed by atoms with E-state index in [0.717, 1.165) is 17.0 Å². The van der Waals surface area contributed by atoms with Crippen molar-refractivity contribution in [1.82, 2.24) is 20.2 Å². The number of rotatable bonds is 3. The highest BCUT2D eigenvalue weighted by Gasteiger charge is 2.06. The minimum atomic E-state index is 0.433. The van der Waals surface area contributed by atoms with Gasteiger partial charge in [0.15, 0.2) is 0 Å². The predicted molar refractivity (Wildman–Crippen MR) is 62.6 cm³/mol. The van der Waals surface area contributed by atoms with Crippen LogP contribution in [-0.4, -0.2) is 20.2 Å². The van der Waals surface area contributed by atoms with Crippen molar-refractivity contribution in [2.45, 2.75) is 34.2 Å². The van der Waals surface area contributed by atoms with E-state index in [2.05, 4.69) is 25.5 Å². The van der Waals surface area contributed by atoms with Crippen LogP contribution in [0, 0.1) is 27.7 Å². The number of hydrogen-bond acceptors (Lipinski definition) is 6. The van der Waals surface area contributed by atoms with Crippen LogP contribution >= 0.6 is 0 Å². The summed E-state index contributed by atoms with van der Waals surface area (Å²) >= 11 is 0. The van der Waals surface area contributed by atoms with Crippen LogP contribution in [0.1, 0.15) is 28.7 Å². The summed E-state index contributed by atoms with van der Waals surface area (Å²) in [6.45, 7) is 8.13. The van der Waals surface area contributed by atoms with Crippen LogP contribution < -0.4 is 5.32 Å². The monoisotopic (exact) mass is 233 g/mol. The molecule has 0 aromatic carbocycles. The van der Waals surface area contributed by atoms with Crippen LogP contribution in [0.4, 0.5) is 5.95 Å². The lowest BCUT2D eigenvalue weighted by molar-refractivity contribution is 0.474. The normalized spacial score (nSPS) is 10.6. The first kappa shape index (κ1) is 11.5. The number of aromatic nitrogens is 4. The molecule has 6 heteroatoms. The average Bonchev–Trinajstić information content (AvgIpc) is 2.69. The molecule has 17 heavy (non-hydrogen) atoms. The molecule has 0 aliphatic carbocycles. The Morgan fingerprint density at radius 3 is 2.18 bits per heavy atom. The molecule has 0 amide bonds. The lowest BCUT2D eigenvalue weighted by atomic mass is 10.2. The Labute approximate surface area is 99.5 Å². The number of hydrogen-bond donors (Lipinski definition) is 1. The van der Waals surface area contributed by atoms with Gasteiger partial charge in [-0.2, -0.15) is 0 Å². The second kappa shape index (κ2) is 4.48. The first-order valence-electron chi connectivity index (χ1n) is 5.41. The average molecular weight is 233 g/mol. The molecule has 0 atom stereocenters. The zero-order valence-corrected chi connectivity index (χ0v) is 10.4. The molecule has 0 unspecified atom stereocenters. The van der Waals surface area contributed by atoms with Gasteiger partial charge in [-0.05, 0) is 26.3 Å². The van der Waals surface area contributed by atoms with Gasteiger partial charge in [-0.15, -0.1) is 10.2 Å².